The third kappa shape index (κ3) is 1.89. The topological polar surface area (TPSA) is 35.9 Å². The molecule has 0 aliphatic carbocycles. The van der Waals surface area contributed by atoms with Crippen LogP contribution in [0.25, 0.3) is 0 Å². The maximum atomic E-state index is 14.0. The summed E-state index contributed by atoms with van der Waals surface area (Å²) in [5.41, 5.74) is 2.01. The van der Waals surface area contributed by atoms with E-state index in [-0.39, 0.29) is 11.7 Å². The highest BCUT2D eigenvalue weighted by atomic mass is 19.1. The minimum atomic E-state index is -0.248. The molecule has 0 unspecified atom stereocenters. The van der Waals surface area contributed by atoms with E-state index in [2.05, 4.69) is 4.99 Å². The number of anilines is 1. The van der Waals surface area contributed by atoms with Gasteiger partial charge in [-0.1, -0.05) is 30.3 Å². The first kappa shape index (κ1) is 13.0. The Morgan fingerprint density at radius 1 is 1.09 bits per heavy atom. The number of guanidine groups is 1. The fourth-order valence-electron chi connectivity index (χ4n) is 2.95. The Labute approximate surface area is 127 Å². The van der Waals surface area contributed by atoms with Crippen molar-refractivity contribution in [1.29, 1.82) is 0 Å². The van der Waals surface area contributed by atoms with Crippen LogP contribution in [0.2, 0.25) is 0 Å². The Bertz CT molecular complexity index is 787. The van der Waals surface area contributed by atoms with Crippen LogP contribution in [-0.2, 0) is 6.54 Å². The van der Waals surface area contributed by atoms with Gasteiger partial charge in [0.05, 0.1) is 24.3 Å². The molecule has 4 rings (SSSR count). The van der Waals surface area contributed by atoms with E-state index in [0.717, 1.165) is 5.69 Å². The fraction of sp³-hybridized carbons (Fsp3) is 0.176. The van der Waals surface area contributed by atoms with Gasteiger partial charge in [-0.3, -0.25) is 14.7 Å². The molecule has 0 radical (unpaired) electrons. The van der Waals surface area contributed by atoms with Crippen LogP contribution in [0.4, 0.5) is 10.1 Å². The number of amides is 1. The highest BCUT2D eigenvalue weighted by Gasteiger charge is 2.37. The Hall–Kier alpha value is -2.69. The average molecular weight is 295 g/mol. The van der Waals surface area contributed by atoms with Crippen molar-refractivity contribution in [3.63, 3.8) is 0 Å². The van der Waals surface area contributed by atoms with Crippen molar-refractivity contribution in [2.45, 2.75) is 6.54 Å². The summed E-state index contributed by atoms with van der Waals surface area (Å²) in [6.07, 6.45) is 0. The largest absolute Gasteiger partial charge is 0.307 e. The minimum Gasteiger partial charge on any atom is -0.307 e. The van der Waals surface area contributed by atoms with Gasteiger partial charge < -0.3 is 4.90 Å². The summed E-state index contributed by atoms with van der Waals surface area (Å²) in [5.74, 6) is 0.339. The SMILES string of the molecule is O=C1c2ccccc2N(Cc2ccccc2F)C2=NCCN12. The molecule has 2 heterocycles. The first-order valence-electron chi connectivity index (χ1n) is 7.22. The molecule has 1 amide bonds. The summed E-state index contributed by atoms with van der Waals surface area (Å²) in [6, 6.07) is 14.1. The molecule has 4 nitrogen and oxygen atoms in total. The predicted octanol–water partition coefficient (Wildman–Crippen LogP) is 2.66. The zero-order valence-corrected chi connectivity index (χ0v) is 11.9. The molecule has 2 aliphatic rings. The smallest absolute Gasteiger partial charge is 0.262 e. The van der Waals surface area contributed by atoms with Crippen LogP contribution in [0.15, 0.2) is 53.5 Å². The van der Waals surface area contributed by atoms with Gasteiger partial charge in [0.15, 0.2) is 0 Å². The average Bonchev–Trinajstić information content (AvgIpc) is 3.03. The molecule has 2 aromatic rings. The lowest BCUT2D eigenvalue weighted by Gasteiger charge is -2.36. The zero-order chi connectivity index (χ0) is 15.1. The van der Waals surface area contributed by atoms with Gasteiger partial charge in [0, 0.05) is 12.1 Å². The van der Waals surface area contributed by atoms with Crippen LogP contribution in [-0.4, -0.2) is 29.9 Å². The van der Waals surface area contributed by atoms with Crippen LogP contribution in [0.1, 0.15) is 15.9 Å². The maximum absolute atomic E-state index is 14.0. The van der Waals surface area contributed by atoms with Crippen molar-refractivity contribution >= 4 is 17.6 Å². The van der Waals surface area contributed by atoms with Crippen molar-refractivity contribution in [3.05, 3.63) is 65.5 Å². The molecule has 0 spiro atoms. The van der Waals surface area contributed by atoms with Gasteiger partial charge in [-0.25, -0.2) is 4.39 Å². The molecule has 5 heteroatoms. The Morgan fingerprint density at radius 2 is 1.86 bits per heavy atom. The van der Waals surface area contributed by atoms with Gasteiger partial charge in [-0.05, 0) is 18.2 Å². The Morgan fingerprint density at radius 3 is 2.73 bits per heavy atom. The second-order valence-corrected chi connectivity index (χ2v) is 5.33. The van der Waals surface area contributed by atoms with Crippen molar-refractivity contribution < 1.29 is 9.18 Å². The number of hydrogen-bond acceptors (Lipinski definition) is 3. The molecular formula is C17H14FN3O. The first-order valence-corrected chi connectivity index (χ1v) is 7.22. The second-order valence-electron chi connectivity index (χ2n) is 5.33. The number of rotatable bonds is 2. The van der Waals surface area contributed by atoms with E-state index in [1.165, 1.54) is 6.07 Å². The third-order valence-electron chi connectivity index (χ3n) is 4.02. The molecule has 2 aliphatic heterocycles. The molecule has 22 heavy (non-hydrogen) atoms. The molecule has 0 N–H and O–H groups in total. The Balaban J connectivity index is 1.81. The number of benzene rings is 2. The number of halogens is 1. The summed E-state index contributed by atoms with van der Waals surface area (Å²) in [4.78, 5) is 20.5. The maximum Gasteiger partial charge on any atom is 0.262 e. The van der Waals surface area contributed by atoms with Crippen LogP contribution in [0, 0.1) is 5.82 Å². The summed E-state index contributed by atoms with van der Waals surface area (Å²) < 4.78 is 14.0. The highest BCUT2D eigenvalue weighted by molar-refractivity contribution is 6.19. The second kappa shape index (κ2) is 4.94. The van der Waals surface area contributed by atoms with Gasteiger partial charge in [-0.15, -0.1) is 0 Å². The standard InChI is InChI=1S/C17H14FN3O/c18-14-7-3-1-5-12(14)11-21-15-8-4-2-6-13(15)16(22)20-10-9-19-17(20)21/h1-8H,9-11H2. The number of carbonyl (C=O) groups is 1. The van der Waals surface area contributed by atoms with Gasteiger partial charge in [0.2, 0.25) is 5.96 Å². The van der Waals surface area contributed by atoms with Gasteiger partial charge >= 0.3 is 0 Å². The number of hydrogen-bond donors (Lipinski definition) is 0. The summed E-state index contributed by atoms with van der Waals surface area (Å²) >= 11 is 0. The third-order valence-corrected chi connectivity index (χ3v) is 4.02. The van der Waals surface area contributed by atoms with E-state index in [1.807, 2.05) is 29.2 Å². The van der Waals surface area contributed by atoms with Crippen molar-refractivity contribution in [2.75, 3.05) is 18.0 Å². The van der Waals surface area contributed by atoms with Gasteiger partial charge in [0.25, 0.3) is 5.91 Å². The monoisotopic (exact) mass is 295 g/mol. The Kier molecular flexibility index (Phi) is 2.92. The quantitative estimate of drug-likeness (QED) is 0.854. The van der Waals surface area contributed by atoms with Crippen molar-refractivity contribution in [2.24, 2.45) is 4.99 Å². The lowest BCUT2D eigenvalue weighted by Crippen LogP contribution is -2.49. The predicted molar refractivity (Wildman–Crippen MR) is 82.4 cm³/mol. The van der Waals surface area contributed by atoms with E-state index >= 15 is 0 Å². The van der Waals surface area contributed by atoms with Crippen LogP contribution in [0.3, 0.4) is 0 Å². The first-order chi connectivity index (χ1) is 10.8. The van der Waals surface area contributed by atoms with E-state index < -0.39 is 0 Å². The molecule has 0 atom stereocenters. The highest BCUT2D eigenvalue weighted by Crippen LogP contribution is 2.31. The van der Waals surface area contributed by atoms with E-state index in [9.17, 15) is 9.18 Å². The molecule has 0 aromatic heterocycles. The van der Waals surface area contributed by atoms with E-state index in [0.29, 0.717) is 36.7 Å². The summed E-state index contributed by atoms with van der Waals surface area (Å²) in [7, 11) is 0. The van der Waals surface area contributed by atoms with Crippen LogP contribution < -0.4 is 4.90 Å². The van der Waals surface area contributed by atoms with E-state index in [4.69, 9.17) is 0 Å². The molecular weight excluding hydrogens is 281 g/mol. The number of fused-ring (bicyclic) bond motifs is 2. The summed E-state index contributed by atoms with van der Waals surface area (Å²) in [6.45, 7) is 1.52. The lowest BCUT2D eigenvalue weighted by molar-refractivity contribution is 0.0851. The van der Waals surface area contributed by atoms with Gasteiger partial charge in [-0.2, -0.15) is 0 Å². The number of para-hydroxylation sites is 1. The normalized spacial score (nSPS) is 16.4. The molecule has 2 aromatic carbocycles. The fourth-order valence-corrected chi connectivity index (χ4v) is 2.95. The summed E-state index contributed by atoms with van der Waals surface area (Å²) in [5, 5.41) is 0. The van der Waals surface area contributed by atoms with Crippen LogP contribution in [0.5, 0.6) is 0 Å². The number of aliphatic imine (C=N–C) groups is 1. The lowest BCUT2D eigenvalue weighted by atomic mass is 10.1. The molecule has 0 bridgehead atoms. The molecule has 110 valence electrons. The van der Waals surface area contributed by atoms with Crippen molar-refractivity contribution in [3.8, 4) is 0 Å². The molecule has 0 fully saturated rings. The minimum absolute atomic E-state index is 0.0309. The van der Waals surface area contributed by atoms with Crippen molar-refractivity contribution in [1.82, 2.24) is 4.90 Å². The number of carbonyl (C=O) groups excluding carboxylic acids is 1. The molecule has 0 saturated carbocycles. The van der Waals surface area contributed by atoms with Gasteiger partial charge in [0.1, 0.15) is 5.82 Å². The molecule has 0 saturated heterocycles. The van der Waals surface area contributed by atoms with E-state index in [1.54, 1.807) is 23.1 Å². The zero-order valence-electron chi connectivity index (χ0n) is 11.9. The number of nitrogens with zero attached hydrogens (tertiary/aromatic N) is 3. The van der Waals surface area contributed by atoms with Crippen LogP contribution >= 0.6 is 0 Å².